The number of nitrogens with zero attached hydrogens (tertiary/aromatic N) is 2. The summed E-state index contributed by atoms with van der Waals surface area (Å²) in [5.74, 6) is 0. The maximum atomic E-state index is 2.39. The van der Waals surface area contributed by atoms with Crippen molar-refractivity contribution in [1.29, 1.82) is 0 Å². The van der Waals surface area contributed by atoms with Gasteiger partial charge in [0.2, 0.25) is 5.52 Å². The molecule has 2 heterocycles. The summed E-state index contributed by atoms with van der Waals surface area (Å²) in [5.41, 5.74) is 1.35. The maximum Gasteiger partial charge on any atom is 0.212 e. The lowest BCUT2D eigenvalue weighted by Crippen LogP contribution is -3.00. The SMILES string of the molecule is [Br-].[Br-].c1cc[n+](CCCCCCCC[n+]2cccc3ccccc32)cc1. The van der Waals surface area contributed by atoms with Crippen LogP contribution in [-0.2, 0) is 13.1 Å². The maximum absolute atomic E-state index is 2.39. The average Bonchev–Trinajstić information content (AvgIpc) is 2.65. The highest BCUT2D eigenvalue weighted by molar-refractivity contribution is 5.74. The summed E-state index contributed by atoms with van der Waals surface area (Å²) in [6.45, 7) is 2.27. The van der Waals surface area contributed by atoms with Gasteiger partial charge in [0.15, 0.2) is 18.6 Å². The average molecular weight is 480 g/mol. The Morgan fingerprint density at radius 1 is 0.538 bits per heavy atom. The molecule has 2 aromatic heterocycles. The molecule has 0 radical (unpaired) electrons. The molecule has 2 nitrogen and oxygen atoms in total. The quantitative estimate of drug-likeness (QED) is 0.260. The van der Waals surface area contributed by atoms with Crippen molar-refractivity contribution in [2.75, 3.05) is 0 Å². The topological polar surface area (TPSA) is 7.76 Å². The van der Waals surface area contributed by atoms with Crippen LogP contribution in [-0.4, -0.2) is 0 Å². The van der Waals surface area contributed by atoms with Gasteiger partial charge >= 0.3 is 0 Å². The normalized spacial score (nSPS) is 10.2. The molecule has 0 unspecified atom stereocenters. The number of aromatic nitrogens is 2. The molecule has 0 aliphatic carbocycles. The summed E-state index contributed by atoms with van der Waals surface area (Å²) in [7, 11) is 0. The van der Waals surface area contributed by atoms with E-state index in [0.29, 0.717) is 0 Å². The van der Waals surface area contributed by atoms with Gasteiger partial charge in [0.25, 0.3) is 0 Å². The summed E-state index contributed by atoms with van der Waals surface area (Å²) < 4.78 is 4.67. The Bertz CT molecular complexity index is 742. The number of rotatable bonds is 9. The Hall–Kier alpha value is -1.26. The predicted molar refractivity (Wildman–Crippen MR) is 98.5 cm³/mol. The number of para-hydroxylation sites is 1. The molecule has 3 rings (SSSR count). The van der Waals surface area contributed by atoms with Crippen molar-refractivity contribution in [3.63, 3.8) is 0 Å². The third-order valence-corrected chi connectivity index (χ3v) is 4.63. The highest BCUT2D eigenvalue weighted by atomic mass is 79.9. The third kappa shape index (κ3) is 7.16. The number of pyridine rings is 2. The minimum Gasteiger partial charge on any atom is -1.00 e. The fraction of sp³-hybridized carbons (Fsp3) is 0.364. The lowest BCUT2D eigenvalue weighted by atomic mass is 10.1. The van der Waals surface area contributed by atoms with Gasteiger partial charge < -0.3 is 34.0 Å². The minimum absolute atomic E-state index is 0. The number of unbranched alkanes of at least 4 members (excludes halogenated alkanes) is 5. The van der Waals surface area contributed by atoms with Crippen molar-refractivity contribution in [1.82, 2.24) is 0 Å². The summed E-state index contributed by atoms with van der Waals surface area (Å²) in [6.07, 6.45) is 14.4. The second-order valence-electron chi connectivity index (χ2n) is 6.50. The molecule has 0 bridgehead atoms. The molecule has 0 fully saturated rings. The molecule has 1 aromatic carbocycles. The first-order valence-electron chi connectivity index (χ1n) is 9.25. The van der Waals surface area contributed by atoms with E-state index in [2.05, 4.69) is 82.3 Å². The summed E-state index contributed by atoms with van der Waals surface area (Å²) in [6, 6.07) is 19.3. The summed E-state index contributed by atoms with van der Waals surface area (Å²) >= 11 is 0. The van der Waals surface area contributed by atoms with Gasteiger partial charge in [-0.1, -0.05) is 31.0 Å². The first-order valence-corrected chi connectivity index (χ1v) is 9.25. The first-order chi connectivity index (χ1) is 11.9. The number of hydrogen-bond acceptors (Lipinski definition) is 0. The van der Waals surface area contributed by atoms with Crippen LogP contribution in [0.15, 0.2) is 73.2 Å². The Morgan fingerprint density at radius 3 is 1.92 bits per heavy atom. The molecule has 0 amide bonds. The van der Waals surface area contributed by atoms with Gasteiger partial charge in [0.1, 0.15) is 13.1 Å². The molecular formula is C22H28Br2N2. The molecule has 0 spiro atoms. The van der Waals surface area contributed by atoms with Crippen LogP contribution < -0.4 is 43.1 Å². The van der Waals surface area contributed by atoms with Gasteiger partial charge in [-0.2, -0.15) is 4.57 Å². The van der Waals surface area contributed by atoms with Crippen molar-refractivity contribution in [3.8, 4) is 0 Å². The first kappa shape index (κ1) is 22.8. The van der Waals surface area contributed by atoms with Gasteiger partial charge in [0.05, 0.1) is 0 Å². The van der Waals surface area contributed by atoms with Crippen molar-refractivity contribution < 1.29 is 43.1 Å². The number of aryl methyl sites for hydroxylation is 2. The van der Waals surface area contributed by atoms with Crippen LogP contribution >= 0.6 is 0 Å². The van der Waals surface area contributed by atoms with Gasteiger partial charge in [-0.3, -0.25) is 0 Å². The smallest absolute Gasteiger partial charge is 0.212 e. The van der Waals surface area contributed by atoms with Crippen molar-refractivity contribution >= 4 is 10.9 Å². The zero-order valence-corrected chi connectivity index (χ0v) is 18.4. The van der Waals surface area contributed by atoms with Crippen molar-refractivity contribution in [2.24, 2.45) is 0 Å². The highest BCUT2D eigenvalue weighted by Crippen LogP contribution is 2.09. The largest absolute Gasteiger partial charge is 1.00 e. The Labute approximate surface area is 178 Å². The van der Waals surface area contributed by atoms with Crippen molar-refractivity contribution in [2.45, 2.75) is 51.6 Å². The Morgan fingerprint density at radius 2 is 1.15 bits per heavy atom. The molecule has 0 saturated carbocycles. The number of halogens is 2. The monoisotopic (exact) mass is 478 g/mol. The van der Waals surface area contributed by atoms with Crippen LogP contribution in [0.25, 0.3) is 10.9 Å². The highest BCUT2D eigenvalue weighted by Gasteiger charge is 2.06. The molecule has 0 N–H and O–H groups in total. The van der Waals surface area contributed by atoms with E-state index in [0.717, 1.165) is 13.1 Å². The van der Waals surface area contributed by atoms with E-state index >= 15 is 0 Å². The molecule has 140 valence electrons. The van der Waals surface area contributed by atoms with E-state index in [1.54, 1.807) is 0 Å². The fourth-order valence-corrected chi connectivity index (χ4v) is 3.28. The van der Waals surface area contributed by atoms with Crippen LogP contribution in [0.5, 0.6) is 0 Å². The van der Waals surface area contributed by atoms with E-state index < -0.39 is 0 Å². The molecule has 26 heavy (non-hydrogen) atoms. The predicted octanol–water partition coefficient (Wildman–Crippen LogP) is -1.54. The van der Waals surface area contributed by atoms with E-state index in [9.17, 15) is 0 Å². The molecule has 0 atom stereocenters. The zero-order chi connectivity index (χ0) is 16.5. The minimum atomic E-state index is 0. The second kappa shape index (κ2) is 13.0. The van der Waals surface area contributed by atoms with E-state index in [1.165, 1.54) is 49.4 Å². The second-order valence-corrected chi connectivity index (χ2v) is 6.50. The van der Waals surface area contributed by atoms with Crippen molar-refractivity contribution in [3.05, 3.63) is 73.2 Å². The lowest BCUT2D eigenvalue weighted by Gasteiger charge is -2.02. The van der Waals surface area contributed by atoms with E-state index in [4.69, 9.17) is 0 Å². The number of benzene rings is 1. The van der Waals surface area contributed by atoms with Gasteiger partial charge in [-0.05, 0) is 25.0 Å². The zero-order valence-electron chi connectivity index (χ0n) is 15.2. The van der Waals surface area contributed by atoms with Crippen LogP contribution in [0.3, 0.4) is 0 Å². The van der Waals surface area contributed by atoms with E-state index in [-0.39, 0.29) is 34.0 Å². The summed E-state index contributed by atoms with van der Waals surface area (Å²) in [5, 5.41) is 1.33. The van der Waals surface area contributed by atoms with Crippen LogP contribution in [0.4, 0.5) is 0 Å². The molecule has 4 heteroatoms. The lowest BCUT2D eigenvalue weighted by molar-refractivity contribution is -0.697. The molecule has 0 saturated heterocycles. The Balaban J connectivity index is 0.00000169. The van der Waals surface area contributed by atoms with Gasteiger partial charge in [-0.25, -0.2) is 4.57 Å². The number of fused-ring (bicyclic) bond motifs is 1. The molecule has 3 aromatic rings. The fourth-order valence-electron chi connectivity index (χ4n) is 3.28. The summed E-state index contributed by atoms with van der Waals surface area (Å²) in [4.78, 5) is 0. The molecule has 0 aliphatic heterocycles. The van der Waals surface area contributed by atoms with Gasteiger partial charge in [0, 0.05) is 42.5 Å². The van der Waals surface area contributed by atoms with E-state index in [1.807, 2.05) is 0 Å². The molecule has 0 aliphatic rings. The number of hydrogen-bond donors (Lipinski definition) is 0. The van der Waals surface area contributed by atoms with Crippen LogP contribution in [0.2, 0.25) is 0 Å². The van der Waals surface area contributed by atoms with Gasteiger partial charge in [-0.15, -0.1) is 0 Å². The standard InChI is InChI=1S/C22H28N2.2BrH/c1(3-8-16-23-17-9-5-10-18-23)2-4-11-19-24-20-12-14-21-13-6-7-15-22(21)24;;/h5-7,9-10,12-15,17-18,20H,1-4,8,11,16,19H2;2*1H/q+2;;/p-2. The molecular weight excluding hydrogens is 452 g/mol. The van der Waals surface area contributed by atoms with Crippen LogP contribution in [0, 0.1) is 0 Å². The van der Waals surface area contributed by atoms with Crippen LogP contribution in [0.1, 0.15) is 38.5 Å². The Kier molecular flexibility index (Phi) is 11.4. The third-order valence-electron chi connectivity index (χ3n) is 4.63.